The van der Waals surface area contributed by atoms with E-state index in [2.05, 4.69) is 11.8 Å². The first-order valence-electron chi connectivity index (χ1n) is 4.97. The summed E-state index contributed by atoms with van der Waals surface area (Å²) in [6.45, 7) is 2.11. The van der Waals surface area contributed by atoms with Crippen LogP contribution in [0.2, 0.25) is 0 Å². The molecule has 0 aromatic heterocycles. The molecule has 0 aromatic carbocycles. The van der Waals surface area contributed by atoms with E-state index >= 15 is 0 Å². The molecule has 0 rings (SSSR count). The van der Waals surface area contributed by atoms with Crippen LogP contribution in [0, 0.1) is 11.8 Å². The summed E-state index contributed by atoms with van der Waals surface area (Å²) in [5.41, 5.74) is 0. The molecular formula is C11H18O3. The summed E-state index contributed by atoms with van der Waals surface area (Å²) in [4.78, 5) is 10.4. The Morgan fingerprint density at radius 2 is 1.86 bits per heavy atom. The molecule has 1 N–H and O–H groups in total. The van der Waals surface area contributed by atoms with Gasteiger partial charge in [-0.15, -0.1) is 11.8 Å². The molecule has 0 aliphatic heterocycles. The van der Waals surface area contributed by atoms with Gasteiger partial charge in [0.1, 0.15) is 0 Å². The van der Waals surface area contributed by atoms with E-state index in [0.29, 0.717) is 6.61 Å². The van der Waals surface area contributed by atoms with Crippen LogP contribution in [0.4, 0.5) is 0 Å². The van der Waals surface area contributed by atoms with Crippen molar-refractivity contribution in [1.82, 2.24) is 0 Å². The molecule has 0 saturated carbocycles. The molecule has 0 unspecified atom stereocenters. The van der Waals surface area contributed by atoms with Crippen molar-refractivity contribution in [3.8, 4) is 11.8 Å². The van der Waals surface area contributed by atoms with E-state index in [0.717, 1.165) is 32.1 Å². The fourth-order valence-electron chi connectivity index (χ4n) is 0.878. The van der Waals surface area contributed by atoms with Crippen LogP contribution in [0.5, 0.6) is 0 Å². The third-order valence-electron chi connectivity index (χ3n) is 1.59. The van der Waals surface area contributed by atoms with Gasteiger partial charge in [0.15, 0.2) is 0 Å². The van der Waals surface area contributed by atoms with Crippen LogP contribution in [-0.4, -0.2) is 24.3 Å². The Morgan fingerprint density at radius 1 is 1.21 bits per heavy atom. The van der Waals surface area contributed by atoms with Crippen LogP contribution in [0.1, 0.15) is 39.0 Å². The number of esters is 1. The van der Waals surface area contributed by atoms with E-state index in [-0.39, 0.29) is 12.6 Å². The van der Waals surface area contributed by atoms with Crippen molar-refractivity contribution in [3.63, 3.8) is 0 Å². The van der Waals surface area contributed by atoms with Gasteiger partial charge in [-0.3, -0.25) is 4.79 Å². The minimum atomic E-state index is -0.235. The third-order valence-corrected chi connectivity index (χ3v) is 1.59. The molecule has 0 radical (unpaired) electrons. The molecule has 3 nitrogen and oxygen atoms in total. The molecule has 0 aromatic rings. The molecule has 0 atom stereocenters. The van der Waals surface area contributed by atoms with Crippen LogP contribution < -0.4 is 0 Å². The molecule has 0 aliphatic carbocycles. The maximum absolute atomic E-state index is 10.4. The number of aliphatic hydroxyl groups excluding tert-OH is 1. The van der Waals surface area contributed by atoms with Crippen molar-refractivity contribution in [2.45, 2.75) is 39.0 Å². The van der Waals surface area contributed by atoms with Crippen LogP contribution in [0.15, 0.2) is 0 Å². The maximum Gasteiger partial charge on any atom is 0.302 e. The van der Waals surface area contributed by atoms with Gasteiger partial charge in [0, 0.05) is 26.4 Å². The molecule has 0 heterocycles. The highest BCUT2D eigenvalue weighted by Crippen LogP contribution is 1.93. The first-order chi connectivity index (χ1) is 6.77. The van der Waals surface area contributed by atoms with Gasteiger partial charge in [0.2, 0.25) is 0 Å². The fourth-order valence-corrected chi connectivity index (χ4v) is 0.878. The van der Waals surface area contributed by atoms with Crippen LogP contribution in [0.3, 0.4) is 0 Å². The first-order valence-corrected chi connectivity index (χ1v) is 4.97. The number of hydrogen-bond acceptors (Lipinski definition) is 3. The Labute approximate surface area is 85.5 Å². The van der Waals surface area contributed by atoms with E-state index in [4.69, 9.17) is 9.84 Å². The van der Waals surface area contributed by atoms with Crippen LogP contribution in [0.25, 0.3) is 0 Å². The van der Waals surface area contributed by atoms with Crippen molar-refractivity contribution >= 4 is 5.97 Å². The van der Waals surface area contributed by atoms with Gasteiger partial charge in [-0.2, -0.15) is 0 Å². The highest BCUT2D eigenvalue weighted by molar-refractivity contribution is 5.65. The summed E-state index contributed by atoms with van der Waals surface area (Å²) in [6, 6.07) is 0. The lowest BCUT2D eigenvalue weighted by Crippen LogP contribution is -1.99. The Balaban J connectivity index is 3.13. The molecule has 0 saturated heterocycles. The molecule has 14 heavy (non-hydrogen) atoms. The summed E-state index contributed by atoms with van der Waals surface area (Å²) >= 11 is 0. The number of rotatable bonds is 6. The Morgan fingerprint density at radius 3 is 2.43 bits per heavy atom. The quantitative estimate of drug-likeness (QED) is 0.399. The number of hydrogen-bond donors (Lipinski definition) is 1. The lowest BCUT2D eigenvalue weighted by atomic mass is 10.2. The molecule has 0 aliphatic rings. The van der Waals surface area contributed by atoms with E-state index < -0.39 is 0 Å². The summed E-state index contributed by atoms with van der Waals surface area (Å²) in [6.07, 6.45) is 4.18. The number of aliphatic hydroxyl groups is 1. The molecule has 0 spiro atoms. The highest BCUT2D eigenvalue weighted by Gasteiger charge is 1.89. The SMILES string of the molecule is CC(=O)OCCCC#CCCCCO. The van der Waals surface area contributed by atoms with Gasteiger partial charge in [0.05, 0.1) is 6.61 Å². The van der Waals surface area contributed by atoms with E-state index in [1.807, 2.05) is 0 Å². The summed E-state index contributed by atoms with van der Waals surface area (Å²) in [5.74, 6) is 5.77. The van der Waals surface area contributed by atoms with Crippen LogP contribution in [-0.2, 0) is 9.53 Å². The second-order valence-corrected chi connectivity index (χ2v) is 2.98. The molecule has 0 amide bonds. The average molecular weight is 198 g/mol. The van der Waals surface area contributed by atoms with Gasteiger partial charge in [-0.05, 0) is 19.3 Å². The fraction of sp³-hybridized carbons (Fsp3) is 0.727. The summed E-state index contributed by atoms with van der Waals surface area (Å²) in [7, 11) is 0. The predicted molar refractivity (Wildman–Crippen MR) is 54.6 cm³/mol. The maximum atomic E-state index is 10.4. The number of ether oxygens (including phenoxy) is 1. The van der Waals surface area contributed by atoms with Gasteiger partial charge in [-0.25, -0.2) is 0 Å². The van der Waals surface area contributed by atoms with Gasteiger partial charge >= 0.3 is 5.97 Å². The first kappa shape index (κ1) is 13.0. The molecule has 0 bridgehead atoms. The standard InChI is InChI=1S/C11H18O3/c1-11(13)14-10-8-6-4-2-3-5-7-9-12/h12H,3,5-10H2,1H3. The van der Waals surface area contributed by atoms with Crippen molar-refractivity contribution in [2.24, 2.45) is 0 Å². The normalized spacial score (nSPS) is 9.00. The summed E-state index contributed by atoms with van der Waals surface area (Å²) < 4.78 is 4.75. The van der Waals surface area contributed by atoms with Crippen molar-refractivity contribution < 1.29 is 14.6 Å². The second-order valence-electron chi connectivity index (χ2n) is 2.98. The predicted octanol–water partition coefficient (Wildman–Crippen LogP) is 1.50. The minimum absolute atomic E-state index is 0.235. The lowest BCUT2D eigenvalue weighted by Gasteiger charge is -1.96. The minimum Gasteiger partial charge on any atom is -0.466 e. The van der Waals surface area contributed by atoms with Crippen LogP contribution >= 0.6 is 0 Å². The largest absolute Gasteiger partial charge is 0.466 e. The lowest BCUT2D eigenvalue weighted by molar-refractivity contribution is -0.141. The second kappa shape index (κ2) is 10.1. The topological polar surface area (TPSA) is 46.5 Å². The van der Waals surface area contributed by atoms with E-state index in [1.54, 1.807) is 0 Å². The summed E-state index contributed by atoms with van der Waals surface area (Å²) in [5, 5.41) is 8.49. The molecule has 80 valence electrons. The van der Waals surface area contributed by atoms with E-state index in [1.165, 1.54) is 6.92 Å². The monoisotopic (exact) mass is 198 g/mol. The zero-order chi connectivity index (χ0) is 10.6. The van der Waals surface area contributed by atoms with Crippen molar-refractivity contribution in [3.05, 3.63) is 0 Å². The molecular weight excluding hydrogens is 180 g/mol. The zero-order valence-electron chi connectivity index (χ0n) is 8.71. The Kier molecular flexibility index (Phi) is 9.35. The van der Waals surface area contributed by atoms with Gasteiger partial charge in [-0.1, -0.05) is 0 Å². The smallest absolute Gasteiger partial charge is 0.302 e. The highest BCUT2D eigenvalue weighted by atomic mass is 16.5. The Bertz CT molecular complexity index is 200. The van der Waals surface area contributed by atoms with Crippen molar-refractivity contribution in [1.29, 1.82) is 0 Å². The van der Waals surface area contributed by atoms with Gasteiger partial charge < -0.3 is 9.84 Å². The third kappa shape index (κ3) is 11.0. The number of carbonyl (C=O) groups excluding carboxylic acids is 1. The van der Waals surface area contributed by atoms with Crippen molar-refractivity contribution in [2.75, 3.05) is 13.2 Å². The average Bonchev–Trinajstić information content (AvgIpc) is 2.15. The zero-order valence-corrected chi connectivity index (χ0v) is 8.71. The van der Waals surface area contributed by atoms with E-state index in [9.17, 15) is 4.79 Å². The van der Waals surface area contributed by atoms with Gasteiger partial charge in [0.25, 0.3) is 0 Å². The molecule has 3 heteroatoms. The number of unbranched alkanes of at least 4 members (excludes halogenated alkanes) is 3. The Hall–Kier alpha value is -1.01. The molecule has 0 fully saturated rings. The number of carbonyl (C=O) groups is 1.